The van der Waals surface area contributed by atoms with Crippen molar-refractivity contribution in [2.45, 2.75) is 13.3 Å². The first-order valence-corrected chi connectivity index (χ1v) is 3.35. The maximum Gasteiger partial charge on any atom is 0.229 e. The lowest BCUT2D eigenvalue weighted by molar-refractivity contribution is -0.131. The highest BCUT2D eigenvalue weighted by atomic mass is 16.3. The van der Waals surface area contributed by atoms with Crippen molar-refractivity contribution in [2.24, 2.45) is 0 Å². The van der Waals surface area contributed by atoms with Crippen LogP contribution in [0.3, 0.4) is 0 Å². The third-order valence-corrected chi connectivity index (χ3v) is 1.53. The molecule has 1 aliphatic carbocycles. The number of carbonyl (C=O) groups excluding carboxylic acids is 2. The van der Waals surface area contributed by atoms with Gasteiger partial charge in [0.05, 0.1) is 0 Å². The van der Waals surface area contributed by atoms with Crippen molar-refractivity contribution >= 4 is 11.6 Å². The molecule has 0 unspecified atom stereocenters. The molecule has 0 fully saturated rings. The molecule has 0 amide bonds. The van der Waals surface area contributed by atoms with E-state index in [1.165, 1.54) is 6.08 Å². The Bertz CT molecular complexity index is 271. The van der Waals surface area contributed by atoms with E-state index < -0.39 is 11.6 Å². The summed E-state index contributed by atoms with van der Waals surface area (Å²) in [7, 11) is 0. The fourth-order valence-corrected chi connectivity index (χ4v) is 0.874. The van der Waals surface area contributed by atoms with Crippen LogP contribution in [0.15, 0.2) is 23.5 Å². The third kappa shape index (κ3) is 1.37. The zero-order valence-corrected chi connectivity index (χ0v) is 6.13. The molecule has 0 spiro atoms. The summed E-state index contributed by atoms with van der Waals surface area (Å²) in [5.74, 6) is -1.29. The molecule has 0 aromatic rings. The van der Waals surface area contributed by atoms with Crippen LogP contribution in [0.4, 0.5) is 0 Å². The van der Waals surface area contributed by atoms with E-state index >= 15 is 0 Å². The van der Waals surface area contributed by atoms with Crippen LogP contribution in [0.5, 0.6) is 0 Å². The molecule has 1 rings (SSSR count). The summed E-state index contributed by atoms with van der Waals surface area (Å²) in [5, 5.41) is 9.08. The normalized spacial score (nSPS) is 17.9. The number of allylic oxidation sites excluding steroid dienone is 3. The van der Waals surface area contributed by atoms with Crippen LogP contribution < -0.4 is 0 Å². The largest absolute Gasteiger partial charge is 0.508 e. The monoisotopic (exact) mass is 152 g/mol. The van der Waals surface area contributed by atoms with Gasteiger partial charge in [-0.15, -0.1) is 0 Å². The maximum atomic E-state index is 10.7. The Morgan fingerprint density at radius 3 is 2.36 bits per heavy atom. The molecule has 1 N–H and O–H groups in total. The van der Waals surface area contributed by atoms with E-state index in [-0.39, 0.29) is 5.76 Å². The molecule has 0 radical (unpaired) electrons. The number of carbonyl (C=O) groups is 2. The summed E-state index contributed by atoms with van der Waals surface area (Å²) in [4.78, 5) is 21.4. The number of aliphatic hydroxyl groups is 1. The smallest absolute Gasteiger partial charge is 0.229 e. The van der Waals surface area contributed by atoms with Crippen molar-refractivity contribution < 1.29 is 14.7 Å². The molecule has 0 aliphatic heterocycles. The number of ketones is 2. The first kappa shape index (κ1) is 7.72. The van der Waals surface area contributed by atoms with Gasteiger partial charge in [0.1, 0.15) is 5.76 Å². The summed E-state index contributed by atoms with van der Waals surface area (Å²) in [6.07, 6.45) is 2.69. The van der Waals surface area contributed by atoms with Crippen molar-refractivity contribution in [1.29, 1.82) is 0 Å². The van der Waals surface area contributed by atoms with Gasteiger partial charge in [0, 0.05) is 6.08 Å². The summed E-state index contributed by atoms with van der Waals surface area (Å²) in [6.45, 7) is 1.80. The Balaban J connectivity index is 3.00. The van der Waals surface area contributed by atoms with E-state index in [0.29, 0.717) is 12.0 Å². The Morgan fingerprint density at radius 1 is 1.27 bits per heavy atom. The molecular formula is C8H8O3. The first-order valence-electron chi connectivity index (χ1n) is 3.35. The van der Waals surface area contributed by atoms with E-state index in [1.54, 1.807) is 6.92 Å². The van der Waals surface area contributed by atoms with Crippen LogP contribution in [0.25, 0.3) is 0 Å². The molecule has 3 heteroatoms. The molecule has 0 saturated heterocycles. The molecule has 0 saturated carbocycles. The highest BCUT2D eigenvalue weighted by Crippen LogP contribution is 2.14. The second-order valence-corrected chi connectivity index (χ2v) is 2.28. The fourth-order valence-electron chi connectivity index (χ4n) is 0.874. The molecule has 1 aliphatic rings. The minimum atomic E-state index is -0.653. The quantitative estimate of drug-likeness (QED) is 0.449. The van der Waals surface area contributed by atoms with Crippen molar-refractivity contribution in [3.05, 3.63) is 23.5 Å². The summed E-state index contributed by atoms with van der Waals surface area (Å²) >= 11 is 0. The van der Waals surface area contributed by atoms with Crippen molar-refractivity contribution in [2.75, 3.05) is 0 Å². The fraction of sp³-hybridized carbons (Fsp3) is 0.250. The topological polar surface area (TPSA) is 54.4 Å². The SMILES string of the molecule is CCC1=CC(=O)C(=O)C=C1O. The number of aliphatic hydroxyl groups excluding tert-OH is 1. The molecule has 0 aromatic heterocycles. The van der Waals surface area contributed by atoms with Gasteiger partial charge in [-0.2, -0.15) is 0 Å². The predicted octanol–water partition coefficient (Wildman–Crippen LogP) is 0.917. The second-order valence-electron chi connectivity index (χ2n) is 2.28. The summed E-state index contributed by atoms with van der Waals surface area (Å²) < 4.78 is 0. The van der Waals surface area contributed by atoms with Gasteiger partial charge in [0.2, 0.25) is 11.6 Å². The van der Waals surface area contributed by atoms with Crippen LogP contribution in [-0.4, -0.2) is 16.7 Å². The van der Waals surface area contributed by atoms with Crippen LogP contribution in [0.1, 0.15) is 13.3 Å². The predicted molar refractivity (Wildman–Crippen MR) is 39.1 cm³/mol. The lowest BCUT2D eigenvalue weighted by atomic mass is 10.0. The van der Waals surface area contributed by atoms with Gasteiger partial charge in [-0.1, -0.05) is 6.92 Å². The highest BCUT2D eigenvalue weighted by molar-refractivity contribution is 6.46. The van der Waals surface area contributed by atoms with Crippen molar-refractivity contribution in [3.63, 3.8) is 0 Å². The zero-order chi connectivity index (χ0) is 8.43. The zero-order valence-electron chi connectivity index (χ0n) is 6.13. The van der Waals surface area contributed by atoms with Gasteiger partial charge in [-0.25, -0.2) is 0 Å². The summed E-state index contributed by atoms with van der Waals surface area (Å²) in [5.41, 5.74) is 0.523. The molecule has 0 atom stereocenters. The van der Waals surface area contributed by atoms with Gasteiger partial charge >= 0.3 is 0 Å². The standard InChI is InChI=1S/C8H8O3/c1-2-5-3-7(10)8(11)4-6(5)9/h3-4,9H,2H2,1H3. The third-order valence-electron chi connectivity index (χ3n) is 1.53. The Kier molecular flexibility index (Phi) is 1.89. The van der Waals surface area contributed by atoms with Gasteiger partial charge in [-0.05, 0) is 18.1 Å². The second kappa shape index (κ2) is 2.70. The number of hydrogen-bond donors (Lipinski definition) is 1. The van der Waals surface area contributed by atoms with E-state index in [2.05, 4.69) is 0 Å². The van der Waals surface area contributed by atoms with Gasteiger partial charge in [-0.3, -0.25) is 9.59 Å². The van der Waals surface area contributed by atoms with E-state index in [1.807, 2.05) is 0 Å². The first-order chi connectivity index (χ1) is 5.15. The van der Waals surface area contributed by atoms with Crippen molar-refractivity contribution in [1.82, 2.24) is 0 Å². The number of hydrogen-bond acceptors (Lipinski definition) is 3. The van der Waals surface area contributed by atoms with Crippen LogP contribution in [0, 0.1) is 0 Å². The van der Waals surface area contributed by atoms with E-state index in [9.17, 15) is 9.59 Å². The van der Waals surface area contributed by atoms with Crippen molar-refractivity contribution in [3.8, 4) is 0 Å². The van der Waals surface area contributed by atoms with Crippen LogP contribution in [-0.2, 0) is 9.59 Å². The molecule has 0 bridgehead atoms. The molecule has 3 nitrogen and oxygen atoms in total. The summed E-state index contributed by atoms with van der Waals surface area (Å²) in [6, 6.07) is 0. The number of rotatable bonds is 1. The Labute approximate surface area is 64.0 Å². The maximum absolute atomic E-state index is 10.7. The molecule has 0 heterocycles. The van der Waals surface area contributed by atoms with E-state index in [0.717, 1.165) is 6.08 Å². The van der Waals surface area contributed by atoms with Gasteiger partial charge in [0.15, 0.2) is 0 Å². The van der Waals surface area contributed by atoms with Crippen LogP contribution >= 0.6 is 0 Å². The van der Waals surface area contributed by atoms with Gasteiger partial charge in [0.25, 0.3) is 0 Å². The lowest BCUT2D eigenvalue weighted by Crippen LogP contribution is -2.14. The molecule has 11 heavy (non-hydrogen) atoms. The Hall–Kier alpha value is -1.38. The minimum absolute atomic E-state index is 0.0860. The molecular weight excluding hydrogens is 144 g/mol. The lowest BCUT2D eigenvalue weighted by Gasteiger charge is -2.06. The molecule has 0 aromatic carbocycles. The molecule has 58 valence electrons. The van der Waals surface area contributed by atoms with E-state index in [4.69, 9.17) is 5.11 Å². The average molecular weight is 152 g/mol. The van der Waals surface area contributed by atoms with Crippen LogP contribution in [0.2, 0.25) is 0 Å². The minimum Gasteiger partial charge on any atom is -0.508 e. The van der Waals surface area contributed by atoms with Gasteiger partial charge < -0.3 is 5.11 Å². The average Bonchev–Trinajstić information content (AvgIpc) is 1.97. The Morgan fingerprint density at radius 2 is 1.82 bits per heavy atom. The highest BCUT2D eigenvalue weighted by Gasteiger charge is 2.17.